The molecule has 0 spiro atoms. The minimum Gasteiger partial charge on any atom is -0.491 e. The van der Waals surface area contributed by atoms with Crippen molar-refractivity contribution in [2.75, 3.05) is 0 Å². The number of hydrogen-bond donors (Lipinski definition) is 0. The zero-order valence-corrected chi connectivity index (χ0v) is 14.9. The Balaban J connectivity index is 1.93. The first-order valence-electron chi connectivity index (χ1n) is 8.86. The lowest BCUT2D eigenvalue weighted by Gasteiger charge is -2.11. The molecule has 3 aromatic carbocycles. The van der Waals surface area contributed by atoms with E-state index >= 15 is 0 Å². The lowest BCUT2D eigenvalue weighted by molar-refractivity contribution is 0.105. The van der Waals surface area contributed by atoms with Crippen molar-refractivity contribution in [2.45, 2.75) is 20.0 Å². The second kappa shape index (κ2) is 6.64. The second-order valence-electron chi connectivity index (χ2n) is 6.69. The third kappa shape index (κ3) is 2.84. The van der Waals surface area contributed by atoms with Crippen molar-refractivity contribution in [3.8, 4) is 5.75 Å². The monoisotopic (exact) mass is 340 g/mol. The van der Waals surface area contributed by atoms with Gasteiger partial charge in [-0.3, -0.25) is 4.79 Å². The van der Waals surface area contributed by atoms with Crippen molar-refractivity contribution >= 4 is 16.9 Å². The molecule has 3 aromatic rings. The fourth-order valence-electron chi connectivity index (χ4n) is 3.44. The smallest absolute Gasteiger partial charge is 0.195 e. The molecule has 0 aliphatic heterocycles. The van der Waals surface area contributed by atoms with Crippen molar-refractivity contribution in [3.05, 3.63) is 101 Å². The summed E-state index contributed by atoms with van der Waals surface area (Å²) >= 11 is 0. The van der Waals surface area contributed by atoms with Gasteiger partial charge in [0.15, 0.2) is 5.78 Å². The van der Waals surface area contributed by atoms with E-state index in [1.54, 1.807) is 0 Å². The first-order chi connectivity index (χ1) is 12.6. The van der Waals surface area contributed by atoms with Gasteiger partial charge in [-0.15, -0.1) is 0 Å². The average Bonchev–Trinajstić information content (AvgIpc) is 2.95. The Hall–Kier alpha value is -3.13. The van der Waals surface area contributed by atoms with E-state index in [1.807, 2.05) is 80.6 Å². The number of carbonyl (C=O) groups is 1. The molecule has 0 unspecified atom stereocenters. The summed E-state index contributed by atoms with van der Waals surface area (Å²) in [4.78, 5) is 13.3. The van der Waals surface area contributed by atoms with E-state index in [2.05, 4.69) is 12.1 Å². The van der Waals surface area contributed by atoms with E-state index in [0.717, 1.165) is 33.6 Å². The van der Waals surface area contributed by atoms with Gasteiger partial charge in [0.05, 0.1) is 6.10 Å². The molecule has 0 saturated carbocycles. The average molecular weight is 340 g/mol. The summed E-state index contributed by atoms with van der Waals surface area (Å²) in [7, 11) is 0. The van der Waals surface area contributed by atoms with E-state index in [9.17, 15) is 4.79 Å². The molecule has 0 atom stereocenters. The molecule has 0 aromatic heterocycles. The van der Waals surface area contributed by atoms with E-state index in [4.69, 9.17) is 4.74 Å². The molecule has 4 rings (SSSR count). The van der Waals surface area contributed by atoms with Gasteiger partial charge in [0.1, 0.15) is 5.75 Å². The maximum atomic E-state index is 13.3. The zero-order chi connectivity index (χ0) is 18.1. The van der Waals surface area contributed by atoms with Crippen LogP contribution in [-0.2, 0) is 0 Å². The first kappa shape index (κ1) is 16.3. The molecule has 1 aliphatic rings. The normalized spacial score (nSPS) is 13.3. The number of ether oxygens (including phenoxy) is 1. The van der Waals surface area contributed by atoms with Gasteiger partial charge in [0.25, 0.3) is 0 Å². The molecule has 0 amide bonds. The summed E-state index contributed by atoms with van der Waals surface area (Å²) in [6, 6.07) is 25.8. The standard InChI is InChI=1S/C24H20O2/c1-16(2)26-19-13-14-20-21(15-19)24(25)23(18-11-7-4-8-12-18)22(20)17-9-5-3-6-10-17/h3-16H,1-2H3. The van der Waals surface area contributed by atoms with Crippen LogP contribution >= 0.6 is 0 Å². The quantitative estimate of drug-likeness (QED) is 0.615. The van der Waals surface area contributed by atoms with Crippen molar-refractivity contribution in [1.82, 2.24) is 0 Å². The van der Waals surface area contributed by atoms with Crippen LogP contribution in [0.25, 0.3) is 11.1 Å². The molecular weight excluding hydrogens is 320 g/mol. The molecular formula is C24H20O2. The van der Waals surface area contributed by atoms with Gasteiger partial charge in [-0.05, 0) is 48.7 Å². The van der Waals surface area contributed by atoms with E-state index < -0.39 is 0 Å². The maximum absolute atomic E-state index is 13.3. The molecule has 1 aliphatic carbocycles. The van der Waals surface area contributed by atoms with Crippen LogP contribution in [-0.4, -0.2) is 11.9 Å². The number of Topliss-reactive ketones (excluding diaryl/α,β-unsaturated/α-hetero) is 1. The first-order valence-corrected chi connectivity index (χ1v) is 8.86. The number of hydrogen-bond acceptors (Lipinski definition) is 2. The van der Waals surface area contributed by atoms with Gasteiger partial charge in [-0.25, -0.2) is 0 Å². The van der Waals surface area contributed by atoms with Crippen LogP contribution in [0.1, 0.15) is 40.9 Å². The Morgan fingerprint density at radius 1 is 0.692 bits per heavy atom. The molecule has 2 heteroatoms. The number of ketones is 1. The number of benzene rings is 3. The summed E-state index contributed by atoms with van der Waals surface area (Å²) in [5, 5.41) is 0. The Morgan fingerprint density at radius 2 is 1.27 bits per heavy atom. The van der Waals surface area contributed by atoms with Gasteiger partial charge in [-0.1, -0.05) is 60.7 Å². The highest BCUT2D eigenvalue weighted by Crippen LogP contribution is 2.43. The SMILES string of the molecule is CC(C)Oc1ccc2c(c1)C(=O)C(c1ccccc1)=C2c1ccccc1. The molecule has 0 bridgehead atoms. The maximum Gasteiger partial charge on any atom is 0.195 e. The lowest BCUT2D eigenvalue weighted by Crippen LogP contribution is -2.06. The largest absolute Gasteiger partial charge is 0.491 e. The predicted molar refractivity (Wildman–Crippen MR) is 105 cm³/mol. The fraction of sp³-hybridized carbons (Fsp3) is 0.125. The molecule has 0 heterocycles. The minimum atomic E-state index is 0.0549. The van der Waals surface area contributed by atoms with Crippen LogP contribution in [0, 0.1) is 0 Å². The fourth-order valence-corrected chi connectivity index (χ4v) is 3.44. The third-order valence-corrected chi connectivity index (χ3v) is 4.48. The second-order valence-corrected chi connectivity index (χ2v) is 6.69. The Bertz CT molecular complexity index is 983. The van der Waals surface area contributed by atoms with E-state index in [0.29, 0.717) is 5.56 Å². The number of carbonyl (C=O) groups excluding carboxylic acids is 1. The van der Waals surface area contributed by atoms with Crippen molar-refractivity contribution in [3.63, 3.8) is 0 Å². The zero-order valence-electron chi connectivity index (χ0n) is 14.9. The van der Waals surface area contributed by atoms with Gasteiger partial charge in [-0.2, -0.15) is 0 Å². The number of rotatable bonds is 4. The van der Waals surface area contributed by atoms with Gasteiger partial charge < -0.3 is 4.74 Å². The van der Waals surface area contributed by atoms with Gasteiger partial charge in [0, 0.05) is 16.7 Å². The highest BCUT2D eigenvalue weighted by Gasteiger charge is 2.31. The summed E-state index contributed by atoms with van der Waals surface area (Å²) < 4.78 is 5.80. The van der Waals surface area contributed by atoms with E-state index in [-0.39, 0.29) is 11.9 Å². The van der Waals surface area contributed by atoms with Crippen LogP contribution in [0.3, 0.4) is 0 Å². The minimum absolute atomic E-state index is 0.0549. The van der Waals surface area contributed by atoms with Gasteiger partial charge in [0.2, 0.25) is 0 Å². The van der Waals surface area contributed by atoms with Crippen LogP contribution < -0.4 is 4.74 Å². The van der Waals surface area contributed by atoms with Crippen molar-refractivity contribution < 1.29 is 9.53 Å². The highest BCUT2D eigenvalue weighted by atomic mass is 16.5. The van der Waals surface area contributed by atoms with Crippen molar-refractivity contribution in [1.29, 1.82) is 0 Å². The number of allylic oxidation sites excluding steroid dienone is 1. The van der Waals surface area contributed by atoms with Crippen LogP contribution in [0.4, 0.5) is 0 Å². The predicted octanol–water partition coefficient (Wildman–Crippen LogP) is 5.63. The molecule has 2 nitrogen and oxygen atoms in total. The number of fused-ring (bicyclic) bond motifs is 1. The Morgan fingerprint density at radius 3 is 1.85 bits per heavy atom. The summed E-state index contributed by atoms with van der Waals surface area (Å²) in [5.74, 6) is 0.785. The van der Waals surface area contributed by atoms with E-state index in [1.165, 1.54) is 0 Å². The van der Waals surface area contributed by atoms with Crippen LogP contribution in [0.15, 0.2) is 78.9 Å². The van der Waals surface area contributed by atoms with Gasteiger partial charge >= 0.3 is 0 Å². The topological polar surface area (TPSA) is 26.3 Å². The molecule has 0 N–H and O–H groups in total. The molecule has 0 fully saturated rings. The third-order valence-electron chi connectivity index (χ3n) is 4.48. The Kier molecular flexibility index (Phi) is 4.18. The molecule has 0 radical (unpaired) electrons. The highest BCUT2D eigenvalue weighted by molar-refractivity contribution is 6.41. The summed E-state index contributed by atoms with van der Waals surface area (Å²) in [6.07, 6.45) is 0.0692. The van der Waals surface area contributed by atoms with Crippen molar-refractivity contribution in [2.24, 2.45) is 0 Å². The summed E-state index contributed by atoms with van der Waals surface area (Å²) in [5.41, 5.74) is 5.42. The van der Waals surface area contributed by atoms with Crippen LogP contribution in [0.2, 0.25) is 0 Å². The van der Waals surface area contributed by atoms with Crippen LogP contribution in [0.5, 0.6) is 5.75 Å². The summed E-state index contributed by atoms with van der Waals surface area (Å²) in [6.45, 7) is 3.97. The molecule has 128 valence electrons. The lowest BCUT2D eigenvalue weighted by atomic mass is 9.94. The molecule has 26 heavy (non-hydrogen) atoms. The molecule has 0 saturated heterocycles. The Labute approximate surface area is 153 Å².